The van der Waals surface area contributed by atoms with Crippen molar-refractivity contribution in [2.24, 2.45) is 4.99 Å². The zero-order chi connectivity index (χ0) is 16.7. The molecule has 0 aliphatic heterocycles. The van der Waals surface area contributed by atoms with Crippen molar-refractivity contribution in [2.45, 2.75) is 39.8 Å². The number of hydrogen-bond acceptors (Lipinski definition) is 2. The van der Waals surface area contributed by atoms with E-state index in [0.717, 1.165) is 24.6 Å². The summed E-state index contributed by atoms with van der Waals surface area (Å²) in [6, 6.07) is 5.83. The Morgan fingerprint density at radius 2 is 2.00 bits per heavy atom. The number of halogens is 1. The third-order valence-electron chi connectivity index (χ3n) is 3.91. The van der Waals surface area contributed by atoms with Crippen LogP contribution in [0.4, 0.5) is 4.39 Å². The minimum Gasteiger partial charge on any atom is -0.355 e. The van der Waals surface area contributed by atoms with Gasteiger partial charge in [-0.05, 0) is 51.9 Å². The maximum atomic E-state index is 13.6. The highest BCUT2D eigenvalue weighted by Gasteiger charge is 2.10. The smallest absolute Gasteiger partial charge is 0.191 e. The highest BCUT2D eigenvalue weighted by atomic mass is 19.1. The first-order valence-corrected chi connectivity index (χ1v) is 7.78. The molecule has 0 fully saturated rings. The largest absolute Gasteiger partial charge is 0.355 e. The molecule has 0 aliphatic rings. The standard InChI is InChI=1S/C17H29FN4/c1-12(2)22(6)10-9-20-17(19-5)21-14(4)15-8-7-13(3)16(18)11-15/h7-8,11-12,14H,9-10H2,1-6H3,(H2,19,20,21). The van der Waals surface area contributed by atoms with Gasteiger partial charge in [0.1, 0.15) is 5.82 Å². The van der Waals surface area contributed by atoms with E-state index in [2.05, 4.69) is 41.4 Å². The monoisotopic (exact) mass is 308 g/mol. The number of rotatable bonds is 6. The van der Waals surface area contributed by atoms with E-state index in [1.165, 1.54) is 0 Å². The summed E-state index contributed by atoms with van der Waals surface area (Å²) < 4.78 is 13.6. The van der Waals surface area contributed by atoms with Crippen LogP contribution in [0.15, 0.2) is 23.2 Å². The van der Waals surface area contributed by atoms with Gasteiger partial charge in [-0.3, -0.25) is 4.99 Å². The summed E-state index contributed by atoms with van der Waals surface area (Å²) in [7, 11) is 3.84. The highest BCUT2D eigenvalue weighted by Crippen LogP contribution is 2.16. The third kappa shape index (κ3) is 5.64. The summed E-state index contributed by atoms with van der Waals surface area (Å²) in [5, 5.41) is 6.57. The van der Waals surface area contributed by atoms with Gasteiger partial charge in [-0.1, -0.05) is 12.1 Å². The van der Waals surface area contributed by atoms with Crippen LogP contribution in [-0.4, -0.2) is 44.1 Å². The van der Waals surface area contributed by atoms with Crippen molar-refractivity contribution in [3.8, 4) is 0 Å². The molecule has 1 aromatic rings. The highest BCUT2D eigenvalue weighted by molar-refractivity contribution is 5.80. The molecule has 0 radical (unpaired) electrons. The molecule has 1 unspecified atom stereocenters. The first kappa shape index (κ1) is 18.4. The zero-order valence-electron chi connectivity index (χ0n) is 14.6. The van der Waals surface area contributed by atoms with E-state index in [4.69, 9.17) is 0 Å². The van der Waals surface area contributed by atoms with Crippen LogP contribution in [0.5, 0.6) is 0 Å². The molecular formula is C17H29FN4. The Balaban J connectivity index is 2.53. The van der Waals surface area contributed by atoms with E-state index in [-0.39, 0.29) is 11.9 Å². The molecule has 0 aliphatic carbocycles. The molecule has 0 saturated heterocycles. The maximum Gasteiger partial charge on any atom is 0.191 e. The Morgan fingerprint density at radius 3 is 2.55 bits per heavy atom. The van der Waals surface area contributed by atoms with Crippen LogP contribution in [0.1, 0.15) is 37.9 Å². The second-order valence-electron chi connectivity index (χ2n) is 5.95. The summed E-state index contributed by atoms with van der Waals surface area (Å²) in [6.07, 6.45) is 0. The molecule has 4 nitrogen and oxygen atoms in total. The lowest BCUT2D eigenvalue weighted by molar-refractivity contribution is 0.278. The molecule has 5 heteroatoms. The number of hydrogen-bond donors (Lipinski definition) is 2. The molecule has 22 heavy (non-hydrogen) atoms. The zero-order valence-corrected chi connectivity index (χ0v) is 14.6. The summed E-state index contributed by atoms with van der Waals surface area (Å²) >= 11 is 0. The van der Waals surface area contributed by atoms with Gasteiger partial charge in [-0.25, -0.2) is 4.39 Å². The van der Waals surface area contributed by atoms with E-state index in [1.807, 2.05) is 13.0 Å². The first-order valence-electron chi connectivity index (χ1n) is 7.78. The van der Waals surface area contributed by atoms with Crippen LogP contribution in [0.3, 0.4) is 0 Å². The molecule has 0 spiro atoms. The second kappa shape index (κ2) is 8.73. The van der Waals surface area contributed by atoms with E-state index in [0.29, 0.717) is 11.6 Å². The lowest BCUT2D eigenvalue weighted by Gasteiger charge is -2.23. The van der Waals surface area contributed by atoms with Crippen molar-refractivity contribution in [1.82, 2.24) is 15.5 Å². The van der Waals surface area contributed by atoms with Crippen molar-refractivity contribution in [3.05, 3.63) is 35.1 Å². The SMILES string of the molecule is CN=C(NCCN(C)C(C)C)NC(C)c1ccc(C)c(F)c1. The average Bonchev–Trinajstić information content (AvgIpc) is 2.48. The second-order valence-corrected chi connectivity index (χ2v) is 5.95. The summed E-state index contributed by atoms with van der Waals surface area (Å²) in [4.78, 5) is 6.48. The van der Waals surface area contributed by atoms with Crippen LogP contribution in [0.25, 0.3) is 0 Å². The molecule has 2 N–H and O–H groups in total. The van der Waals surface area contributed by atoms with E-state index in [1.54, 1.807) is 26.1 Å². The first-order chi connectivity index (χ1) is 10.3. The predicted octanol–water partition coefficient (Wildman–Crippen LogP) is 2.70. The fraction of sp³-hybridized carbons (Fsp3) is 0.588. The number of likely N-dealkylation sites (N-methyl/N-ethyl adjacent to an activating group) is 1. The number of aliphatic imine (C=N–C) groups is 1. The van der Waals surface area contributed by atoms with E-state index in [9.17, 15) is 4.39 Å². The average molecular weight is 308 g/mol. The van der Waals surface area contributed by atoms with Gasteiger partial charge in [-0.15, -0.1) is 0 Å². The van der Waals surface area contributed by atoms with Gasteiger partial charge in [0, 0.05) is 26.2 Å². The lowest BCUT2D eigenvalue weighted by Crippen LogP contribution is -2.42. The molecule has 124 valence electrons. The number of benzene rings is 1. The van der Waals surface area contributed by atoms with Crippen LogP contribution in [0, 0.1) is 12.7 Å². The third-order valence-corrected chi connectivity index (χ3v) is 3.91. The van der Waals surface area contributed by atoms with Gasteiger partial charge in [0.05, 0.1) is 6.04 Å². The van der Waals surface area contributed by atoms with Crippen molar-refractivity contribution < 1.29 is 4.39 Å². The molecular weight excluding hydrogens is 279 g/mol. The summed E-state index contributed by atoms with van der Waals surface area (Å²) in [6.45, 7) is 9.84. The maximum absolute atomic E-state index is 13.6. The van der Waals surface area contributed by atoms with Gasteiger partial charge >= 0.3 is 0 Å². The summed E-state index contributed by atoms with van der Waals surface area (Å²) in [5.74, 6) is 0.554. The van der Waals surface area contributed by atoms with Crippen LogP contribution in [-0.2, 0) is 0 Å². The quantitative estimate of drug-likeness (QED) is 0.627. The number of nitrogens with zero attached hydrogens (tertiary/aromatic N) is 2. The summed E-state index contributed by atoms with van der Waals surface area (Å²) in [5.41, 5.74) is 1.57. The van der Waals surface area contributed by atoms with Gasteiger partial charge in [0.15, 0.2) is 5.96 Å². The Bertz CT molecular complexity index is 499. The fourth-order valence-corrected chi connectivity index (χ4v) is 1.97. The molecule has 1 rings (SSSR count). The Hall–Kier alpha value is -1.62. The molecule has 0 amide bonds. The van der Waals surface area contributed by atoms with Gasteiger partial charge in [0.2, 0.25) is 0 Å². The van der Waals surface area contributed by atoms with E-state index < -0.39 is 0 Å². The van der Waals surface area contributed by atoms with Crippen LogP contribution in [0.2, 0.25) is 0 Å². The molecule has 0 heterocycles. The molecule has 0 bridgehead atoms. The Morgan fingerprint density at radius 1 is 1.32 bits per heavy atom. The molecule has 1 aromatic carbocycles. The molecule has 1 atom stereocenters. The number of aryl methyl sites for hydroxylation is 1. The molecule has 0 saturated carbocycles. The minimum absolute atomic E-state index is 0.0101. The van der Waals surface area contributed by atoms with Gasteiger partial charge < -0.3 is 15.5 Å². The fourth-order valence-electron chi connectivity index (χ4n) is 1.97. The number of nitrogens with one attached hydrogen (secondary N) is 2. The van der Waals surface area contributed by atoms with Crippen LogP contribution < -0.4 is 10.6 Å². The lowest BCUT2D eigenvalue weighted by atomic mass is 10.1. The predicted molar refractivity (Wildman–Crippen MR) is 91.8 cm³/mol. The Labute approximate surface area is 133 Å². The van der Waals surface area contributed by atoms with Crippen molar-refractivity contribution in [2.75, 3.05) is 27.2 Å². The topological polar surface area (TPSA) is 39.7 Å². The van der Waals surface area contributed by atoms with E-state index >= 15 is 0 Å². The van der Waals surface area contributed by atoms with Gasteiger partial charge in [-0.2, -0.15) is 0 Å². The number of guanidine groups is 1. The van der Waals surface area contributed by atoms with Crippen molar-refractivity contribution >= 4 is 5.96 Å². The Kier molecular flexibility index (Phi) is 7.32. The van der Waals surface area contributed by atoms with Crippen LogP contribution >= 0.6 is 0 Å². The minimum atomic E-state index is -0.173. The molecule has 0 aromatic heterocycles. The van der Waals surface area contributed by atoms with Crippen molar-refractivity contribution in [1.29, 1.82) is 0 Å². The van der Waals surface area contributed by atoms with Crippen molar-refractivity contribution in [3.63, 3.8) is 0 Å². The normalized spacial score (nSPS) is 13.6. The van der Waals surface area contributed by atoms with Gasteiger partial charge in [0.25, 0.3) is 0 Å².